The molecule has 0 radical (unpaired) electrons. The minimum atomic E-state index is -0.693. The Labute approximate surface area is 272 Å². The standard InChI is InChI=1S/C38H47N3O5/c1-44-34-24-32-30-21-28(34)19-9-5-3-4-6-14-20-39-36(27-17-12-8-13-18-27)37(42)41-25-29(22-33(41)38(43)45-2)46-35(30)23-31(40-32)26-15-10-7-11-16-26/h7,9-11,15-16,19,21,23-24,27,29,33,36,39H,3-6,8,12-14,17-18,20,22,25H2,1-2H3/b19-9-/t29-,33+,36+/m1/s1. The maximum absolute atomic E-state index is 14.4. The highest BCUT2D eigenvalue weighted by Crippen LogP contribution is 2.37. The Morgan fingerprint density at radius 1 is 0.978 bits per heavy atom. The summed E-state index contributed by atoms with van der Waals surface area (Å²) in [6.07, 6.45) is 15.2. The number of esters is 1. The van der Waals surface area contributed by atoms with Gasteiger partial charge in [-0.3, -0.25) is 4.79 Å². The van der Waals surface area contributed by atoms with Crippen LogP contribution in [-0.4, -0.2) is 67.3 Å². The van der Waals surface area contributed by atoms with E-state index in [1.165, 1.54) is 13.5 Å². The van der Waals surface area contributed by atoms with Gasteiger partial charge in [-0.1, -0.05) is 74.6 Å². The van der Waals surface area contributed by atoms with Crippen LogP contribution in [0.1, 0.15) is 76.2 Å². The molecule has 3 aromatic rings. The van der Waals surface area contributed by atoms with E-state index in [2.05, 4.69) is 23.5 Å². The Morgan fingerprint density at radius 2 is 1.76 bits per heavy atom. The lowest BCUT2D eigenvalue weighted by atomic mass is 9.83. The molecule has 1 N–H and O–H groups in total. The van der Waals surface area contributed by atoms with E-state index in [4.69, 9.17) is 19.2 Å². The van der Waals surface area contributed by atoms with E-state index in [1.807, 2.05) is 42.5 Å². The molecule has 244 valence electrons. The van der Waals surface area contributed by atoms with Gasteiger partial charge < -0.3 is 24.4 Å². The van der Waals surface area contributed by atoms with E-state index in [1.54, 1.807) is 12.0 Å². The molecule has 1 saturated heterocycles. The van der Waals surface area contributed by atoms with Crippen molar-refractivity contribution < 1.29 is 23.8 Å². The second kappa shape index (κ2) is 15.1. The molecule has 0 unspecified atom stereocenters. The topological polar surface area (TPSA) is 90.0 Å². The van der Waals surface area contributed by atoms with Crippen LogP contribution in [0.3, 0.4) is 0 Å². The molecule has 2 fully saturated rings. The zero-order chi connectivity index (χ0) is 31.9. The fourth-order valence-electron chi connectivity index (χ4n) is 7.38. The van der Waals surface area contributed by atoms with Gasteiger partial charge in [-0.2, -0.15) is 0 Å². The van der Waals surface area contributed by atoms with Gasteiger partial charge >= 0.3 is 5.97 Å². The van der Waals surface area contributed by atoms with Crippen LogP contribution in [0.2, 0.25) is 0 Å². The van der Waals surface area contributed by atoms with Gasteiger partial charge in [0.2, 0.25) is 5.91 Å². The molecule has 46 heavy (non-hydrogen) atoms. The second-order valence-electron chi connectivity index (χ2n) is 12.9. The lowest BCUT2D eigenvalue weighted by molar-refractivity contribution is -0.152. The van der Waals surface area contributed by atoms with Crippen LogP contribution < -0.4 is 14.8 Å². The highest BCUT2D eigenvalue weighted by molar-refractivity contribution is 5.92. The summed E-state index contributed by atoms with van der Waals surface area (Å²) in [6.45, 7) is 1.11. The third-order valence-electron chi connectivity index (χ3n) is 9.85. The number of pyridine rings is 1. The number of allylic oxidation sites excluding steroid dienone is 1. The number of hydrogen-bond acceptors (Lipinski definition) is 7. The smallest absolute Gasteiger partial charge is 0.328 e. The first-order valence-electron chi connectivity index (χ1n) is 17.1. The van der Waals surface area contributed by atoms with Crippen LogP contribution in [0, 0.1) is 5.92 Å². The van der Waals surface area contributed by atoms with Gasteiger partial charge in [0.15, 0.2) is 0 Å². The number of aromatic nitrogens is 1. The first kappa shape index (κ1) is 32.0. The molecular formula is C38H47N3O5. The molecule has 3 heterocycles. The summed E-state index contributed by atoms with van der Waals surface area (Å²) in [5.74, 6) is 1.29. The van der Waals surface area contributed by atoms with E-state index in [-0.39, 0.29) is 17.9 Å². The Bertz CT molecular complexity index is 1530. The number of fused-ring (bicyclic) bond motifs is 3. The zero-order valence-electron chi connectivity index (χ0n) is 27.2. The first-order chi connectivity index (χ1) is 22.6. The predicted molar refractivity (Wildman–Crippen MR) is 181 cm³/mol. The first-order valence-corrected chi connectivity index (χ1v) is 17.1. The number of methoxy groups -OCH3 is 2. The van der Waals surface area contributed by atoms with E-state index in [0.717, 1.165) is 97.8 Å². The van der Waals surface area contributed by atoms with Crippen molar-refractivity contribution >= 4 is 28.9 Å². The fourth-order valence-corrected chi connectivity index (χ4v) is 7.38. The molecule has 1 aromatic heterocycles. The lowest BCUT2D eigenvalue weighted by Crippen LogP contribution is -2.54. The van der Waals surface area contributed by atoms with Crippen molar-refractivity contribution in [1.82, 2.24) is 15.2 Å². The summed E-state index contributed by atoms with van der Waals surface area (Å²) < 4.78 is 17.8. The monoisotopic (exact) mass is 625 g/mol. The maximum atomic E-state index is 14.4. The fraction of sp³-hybridized carbons (Fsp3) is 0.500. The van der Waals surface area contributed by atoms with E-state index < -0.39 is 18.1 Å². The number of carbonyl (C=O) groups is 2. The predicted octanol–water partition coefficient (Wildman–Crippen LogP) is 6.95. The SMILES string of the molecule is COC(=O)[C@@H]1C[C@@H]2CN1C(=O)[C@H](C1CCCCC1)NCCCCCC/C=C\c1cc3c(cc(-c4ccccc4)nc3cc1OC)O2. The average Bonchev–Trinajstić information content (AvgIpc) is 3.52. The molecule has 8 nitrogen and oxygen atoms in total. The number of amides is 1. The molecule has 6 rings (SSSR count). The van der Waals surface area contributed by atoms with Crippen molar-refractivity contribution in [2.24, 2.45) is 5.92 Å². The number of nitrogens with zero attached hydrogens (tertiary/aromatic N) is 2. The summed E-state index contributed by atoms with van der Waals surface area (Å²) in [5, 5.41) is 4.51. The normalized spacial score (nSPS) is 24.1. The summed E-state index contributed by atoms with van der Waals surface area (Å²) >= 11 is 0. The molecule has 1 amide bonds. The largest absolute Gasteiger partial charge is 0.496 e. The molecule has 3 atom stereocenters. The van der Waals surface area contributed by atoms with Crippen LogP contribution in [0.4, 0.5) is 0 Å². The summed E-state index contributed by atoms with van der Waals surface area (Å²) in [5.41, 5.74) is 3.47. The van der Waals surface area contributed by atoms with Crippen molar-refractivity contribution in [3.8, 4) is 22.8 Å². The van der Waals surface area contributed by atoms with Gasteiger partial charge in [-0.05, 0) is 50.6 Å². The number of hydrogen-bond donors (Lipinski definition) is 1. The number of nitrogens with one attached hydrogen (secondary N) is 1. The Morgan fingerprint density at radius 3 is 2.54 bits per heavy atom. The Kier molecular flexibility index (Phi) is 10.5. The maximum Gasteiger partial charge on any atom is 0.328 e. The lowest BCUT2D eigenvalue weighted by Gasteiger charge is -2.34. The average molecular weight is 626 g/mol. The molecule has 2 aliphatic heterocycles. The summed E-state index contributed by atoms with van der Waals surface area (Å²) in [6, 6.07) is 15.0. The molecule has 8 heteroatoms. The van der Waals surface area contributed by atoms with Crippen LogP contribution in [-0.2, 0) is 14.3 Å². The van der Waals surface area contributed by atoms with Crippen molar-refractivity contribution in [2.45, 2.75) is 88.8 Å². The van der Waals surface area contributed by atoms with Gasteiger partial charge in [0.05, 0.1) is 38.0 Å². The second-order valence-corrected chi connectivity index (χ2v) is 12.9. The number of ether oxygens (including phenoxy) is 3. The van der Waals surface area contributed by atoms with E-state index >= 15 is 0 Å². The zero-order valence-corrected chi connectivity index (χ0v) is 27.2. The summed E-state index contributed by atoms with van der Waals surface area (Å²) in [7, 11) is 3.08. The quantitative estimate of drug-likeness (QED) is 0.314. The van der Waals surface area contributed by atoms with E-state index in [9.17, 15) is 9.59 Å². The van der Waals surface area contributed by atoms with Gasteiger partial charge in [0.25, 0.3) is 0 Å². The molecule has 4 bridgehead atoms. The number of rotatable bonds is 4. The highest BCUT2D eigenvalue weighted by Gasteiger charge is 2.45. The van der Waals surface area contributed by atoms with Gasteiger partial charge in [0.1, 0.15) is 23.6 Å². The third kappa shape index (κ3) is 7.22. The highest BCUT2D eigenvalue weighted by atomic mass is 16.5. The minimum absolute atomic E-state index is 0.00731. The van der Waals surface area contributed by atoms with Crippen LogP contribution in [0.5, 0.6) is 11.5 Å². The van der Waals surface area contributed by atoms with Crippen molar-refractivity contribution in [3.63, 3.8) is 0 Å². The Hall–Kier alpha value is -3.91. The molecule has 1 aliphatic carbocycles. The van der Waals surface area contributed by atoms with Crippen LogP contribution in [0.25, 0.3) is 28.2 Å². The molecular weight excluding hydrogens is 578 g/mol. The Balaban J connectivity index is 1.41. The number of benzene rings is 2. The van der Waals surface area contributed by atoms with Gasteiger partial charge in [-0.15, -0.1) is 0 Å². The van der Waals surface area contributed by atoms with Crippen molar-refractivity contribution in [1.29, 1.82) is 0 Å². The van der Waals surface area contributed by atoms with Crippen LogP contribution >= 0.6 is 0 Å². The molecule has 2 aromatic carbocycles. The summed E-state index contributed by atoms with van der Waals surface area (Å²) in [4.78, 5) is 34.3. The van der Waals surface area contributed by atoms with Crippen LogP contribution in [0.15, 0.2) is 54.6 Å². The minimum Gasteiger partial charge on any atom is -0.496 e. The molecule has 3 aliphatic rings. The van der Waals surface area contributed by atoms with Gasteiger partial charge in [0, 0.05) is 35.1 Å². The third-order valence-corrected chi connectivity index (χ3v) is 9.85. The van der Waals surface area contributed by atoms with E-state index in [0.29, 0.717) is 18.7 Å². The van der Waals surface area contributed by atoms with Crippen molar-refractivity contribution in [2.75, 3.05) is 27.3 Å². The van der Waals surface area contributed by atoms with Crippen molar-refractivity contribution in [3.05, 3.63) is 60.2 Å². The number of carbonyl (C=O) groups excluding carboxylic acids is 2. The molecule has 1 saturated carbocycles. The molecule has 0 spiro atoms. The van der Waals surface area contributed by atoms with Gasteiger partial charge in [-0.25, -0.2) is 9.78 Å².